The first-order chi connectivity index (χ1) is 9.56. The topological polar surface area (TPSA) is 65.2 Å². The lowest BCUT2D eigenvalue weighted by Gasteiger charge is -2.14. The number of rotatable bonds is 2. The molecule has 1 aliphatic carbocycles. The third kappa shape index (κ3) is 2.26. The van der Waals surface area contributed by atoms with Crippen LogP contribution >= 0.6 is 11.3 Å². The van der Waals surface area contributed by atoms with Crippen LogP contribution in [0.2, 0.25) is 0 Å². The molecule has 2 aromatic heterocycles. The van der Waals surface area contributed by atoms with Gasteiger partial charge in [-0.1, -0.05) is 0 Å². The standard InChI is InChI=1S/C15H18N2O2S/c1-8(2)19-15(18)13-12(16)10-7-9-5-3-4-6-11(9)17-14(10)20-13/h7-8H,3-6,16H2,1-2H3. The normalized spacial score (nSPS) is 14.6. The van der Waals surface area contributed by atoms with Gasteiger partial charge in [-0.2, -0.15) is 0 Å². The van der Waals surface area contributed by atoms with E-state index in [-0.39, 0.29) is 12.1 Å². The lowest BCUT2D eigenvalue weighted by molar-refractivity contribution is 0.0385. The van der Waals surface area contributed by atoms with E-state index in [1.165, 1.54) is 29.7 Å². The molecule has 5 heteroatoms. The van der Waals surface area contributed by atoms with E-state index in [1.807, 2.05) is 13.8 Å². The summed E-state index contributed by atoms with van der Waals surface area (Å²) < 4.78 is 5.24. The first-order valence-corrected chi connectivity index (χ1v) is 7.79. The highest BCUT2D eigenvalue weighted by atomic mass is 32.1. The molecule has 0 fully saturated rings. The fourth-order valence-electron chi connectivity index (χ4n) is 2.58. The summed E-state index contributed by atoms with van der Waals surface area (Å²) in [6.07, 6.45) is 4.32. The van der Waals surface area contributed by atoms with Gasteiger partial charge in [0.2, 0.25) is 0 Å². The number of carbonyl (C=O) groups excluding carboxylic acids is 1. The van der Waals surface area contributed by atoms with Gasteiger partial charge in [-0.3, -0.25) is 0 Å². The van der Waals surface area contributed by atoms with Gasteiger partial charge in [0.15, 0.2) is 0 Å². The summed E-state index contributed by atoms with van der Waals surface area (Å²) in [6, 6.07) is 2.11. The third-order valence-electron chi connectivity index (χ3n) is 3.53. The number of nitrogens with two attached hydrogens (primary N) is 1. The molecular formula is C15H18N2O2S. The zero-order valence-corrected chi connectivity index (χ0v) is 12.5. The highest BCUT2D eigenvalue weighted by molar-refractivity contribution is 7.21. The zero-order valence-electron chi connectivity index (χ0n) is 11.7. The lowest BCUT2D eigenvalue weighted by atomic mass is 9.95. The van der Waals surface area contributed by atoms with Crippen LogP contribution in [0.25, 0.3) is 10.2 Å². The highest BCUT2D eigenvalue weighted by Gasteiger charge is 2.21. The number of hydrogen-bond acceptors (Lipinski definition) is 5. The molecule has 0 saturated carbocycles. The van der Waals surface area contributed by atoms with Crippen molar-refractivity contribution in [2.24, 2.45) is 0 Å². The predicted molar refractivity (Wildman–Crippen MR) is 81.2 cm³/mol. The molecule has 0 spiro atoms. The Balaban J connectivity index is 2.07. The number of aryl methyl sites for hydroxylation is 2. The van der Waals surface area contributed by atoms with Crippen LogP contribution in [0.1, 0.15) is 47.6 Å². The van der Waals surface area contributed by atoms with Crippen LogP contribution in [0.3, 0.4) is 0 Å². The van der Waals surface area contributed by atoms with Crippen LogP contribution < -0.4 is 5.73 Å². The molecule has 0 atom stereocenters. The zero-order chi connectivity index (χ0) is 14.3. The van der Waals surface area contributed by atoms with Crippen LogP contribution in [0, 0.1) is 0 Å². The van der Waals surface area contributed by atoms with Gasteiger partial charge in [0.05, 0.1) is 11.8 Å². The maximum Gasteiger partial charge on any atom is 0.350 e. The number of ether oxygens (including phenoxy) is 1. The van der Waals surface area contributed by atoms with Crippen molar-refractivity contribution in [1.82, 2.24) is 4.98 Å². The number of thiophene rings is 1. The van der Waals surface area contributed by atoms with E-state index in [2.05, 4.69) is 11.1 Å². The number of carbonyl (C=O) groups is 1. The number of esters is 1. The maximum absolute atomic E-state index is 12.0. The Kier molecular flexibility index (Phi) is 3.38. The van der Waals surface area contributed by atoms with E-state index >= 15 is 0 Å². The van der Waals surface area contributed by atoms with Crippen LogP contribution in [0.4, 0.5) is 5.69 Å². The molecule has 0 aromatic carbocycles. The second-order valence-corrected chi connectivity index (χ2v) is 6.45. The number of anilines is 1. The van der Waals surface area contributed by atoms with Crippen molar-refractivity contribution in [2.45, 2.75) is 45.6 Å². The first-order valence-electron chi connectivity index (χ1n) is 6.98. The first kappa shape index (κ1) is 13.4. The van der Waals surface area contributed by atoms with Gasteiger partial charge in [0.1, 0.15) is 9.71 Å². The van der Waals surface area contributed by atoms with Crippen molar-refractivity contribution < 1.29 is 9.53 Å². The molecule has 20 heavy (non-hydrogen) atoms. The molecule has 1 aliphatic rings. The van der Waals surface area contributed by atoms with E-state index < -0.39 is 0 Å². The molecule has 0 radical (unpaired) electrons. The summed E-state index contributed by atoms with van der Waals surface area (Å²) in [5.41, 5.74) is 9.06. The van der Waals surface area contributed by atoms with Gasteiger partial charge >= 0.3 is 5.97 Å². The fraction of sp³-hybridized carbons (Fsp3) is 0.467. The fourth-order valence-corrected chi connectivity index (χ4v) is 3.56. The van der Waals surface area contributed by atoms with E-state index in [1.54, 1.807) is 0 Å². The second-order valence-electron chi connectivity index (χ2n) is 5.45. The lowest BCUT2D eigenvalue weighted by Crippen LogP contribution is -2.11. The van der Waals surface area contributed by atoms with Gasteiger partial charge in [-0.15, -0.1) is 11.3 Å². The average Bonchev–Trinajstić information content (AvgIpc) is 2.73. The van der Waals surface area contributed by atoms with Gasteiger partial charge in [0, 0.05) is 11.1 Å². The highest BCUT2D eigenvalue weighted by Crippen LogP contribution is 2.35. The Morgan fingerprint density at radius 2 is 2.15 bits per heavy atom. The van der Waals surface area contributed by atoms with Gasteiger partial charge < -0.3 is 10.5 Å². The number of nitrogens with zero attached hydrogens (tertiary/aromatic N) is 1. The molecule has 3 rings (SSSR count). The van der Waals surface area contributed by atoms with Crippen molar-refractivity contribution in [2.75, 3.05) is 5.73 Å². The molecule has 0 unspecified atom stereocenters. The van der Waals surface area contributed by atoms with E-state index in [4.69, 9.17) is 10.5 Å². The Labute approximate surface area is 122 Å². The van der Waals surface area contributed by atoms with E-state index in [9.17, 15) is 4.79 Å². The van der Waals surface area contributed by atoms with Crippen molar-refractivity contribution in [3.05, 3.63) is 22.2 Å². The predicted octanol–water partition coefficient (Wildman–Crippen LogP) is 3.32. The molecule has 0 amide bonds. The Morgan fingerprint density at radius 1 is 1.40 bits per heavy atom. The largest absolute Gasteiger partial charge is 0.459 e. The van der Waals surface area contributed by atoms with E-state index in [0.29, 0.717) is 10.6 Å². The van der Waals surface area contributed by atoms with Crippen LogP contribution in [-0.2, 0) is 17.6 Å². The Bertz CT molecular complexity index is 676. The third-order valence-corrected chi connectivity index (χ3v) is 4.62. The molecule has 0 bridgehead atoms. The monoisotopic (exact) mass is 290 g/mol. The van der Waals surface area contributed by atoms with Crippen LogP contribution in [-0.4, -0.2) is 17.1 Å². The average molecular weight is 290 g/mol. The molecular weight excluding hydrogens is 272 g/mol. The van der Waals surface area contributed by atoms with Crippen molar-refractivity contribution in [3.63, 3.8) is 0 Å². The van der Waals surface area contributed by atoms with Gasteiger partial charge in [-0.05, 0) is 51.2 Å². The molecule has 106 valence electrons. The van der Waals surface area contributed by atoms with Gasteiger partial charge in [0.25, 0.3) is 0 Å². The van der Waals surface area contributed by atoms with Crippen molar-refractivity contribution >= 4 is 33.2 Å². The number of nitrogen functional groups attached to an aromatic ring is 1. The van der Waals surface area contributed by atoms with Gasteiger partial charge in [-0.25, -0.2) is 9.78 Å². The minimum Gasteiger partial charge on any atom is -0.459 e. The molecule has 2 heterocycles. The number of aromatic nitrogens is 1. The minimum atomic E-state index is -0.349. The maximum atomic E-state index is 12.0. The quantitative estimate of drug-likeness (QED) is 0.862. The number of fused-ring (bicyclic) bond motifs is 2. The second kappa shape index (κ2) is 5.05. The van der Waals surface area contributed by atoms with Crippen LogP contribution in [0.5, 0.6) is 0 Å². The van der Waals surface area contributed by atoms with Crippen molar-refractivity contribution in [1.29, 1.82) is 0 Å². The Hall–Kier alpha value is -1.62. The summed E-state index contributed by atoms with van der Waals surface area (Å²) in [5, 5.41) is 0.895. The van der Waals surface area contributed by atoms with Crippen LogP contribution in [0.15, 0.2) is 6.07 Å². The molecule has 0 aliphatic heterocycles. The summed E-state index contributed by atoms with van der Waals surface area (Å²) in [4.78, 5) is 18.1. The van der Waals surface area contributed by atoms with Crippen molar-refractivity contribution in [3.8, 4) is 0 Å². The summed E-state index contributed by atoms with van der Waals surface area (Å²) in [6.45, 7) is 3.66. The summed E-state index contributed by atoms with van der Waals surface area (Å²) in [5.74, 6) is -0.349. The number of hydrogen-bond donors (Lipinski definition) is 1. The summed E-state index contributed by atoms with van der Waals surface area (Å²) >= 11 is 1.34. The number of pyridine rings is 1. The smallest absolute Gasteiger partial charge is 0.350 e. The molecule has 0 saturated heterocycles. The van der Waals surface area contributed by atoms with E-state index in [0.717, 1.165) is 28.8 Å². The SMILES string of the molecule is CC(C)OC(=O)c1sc2nc3c(cc2c1N)CCCC3. The minimum absolute atomic E-state index is 0.145. The summed E-state index contributed by atoms with van der Waals surface area (Å²) in [7, 11) is 0. The molecule has 2 N–H and O–H groups in total. The Morgan fingerprint density at radius 3 is 2.90 bits per heavy atom. The molecule has 4 nitrogen and oxygen atoms in total. The molecule has 2 aromatic rings.